The number of allylic oxidation sites excluding steroid dienone is 4. The van der Waals surface area contributed by atoms with Gasteiger partial charge in [0.1, 0.15) is 11.5 Å². The number of amides is 1. The van der Waals surface area contributed by atoms with Gasteiger partial charge in [-0.1, -0.05) is 24.3 Å². The highest BCUT2D eigenvalue weighted by Crippen LogP contribution is 2.41. The fourth-order valence-electron chi connectivity index (χ4n) is 4.19. The van der Waals surface area contributed by atoms with E-state index in [1.54, 1.807) is 24.4 Å². The molecule has 0 bridgehead atoms. The zero-order chi connectivity index (χ0) is 35.2. The molecule has 15 heteroatoms. The van der Waals surface area contributed by atoms with Gasteiger partial charge in [-0.25, -0.2) is 9.59 Å². The third kappa shape index (κ3) is 7.89. The summed E-state index contributed by atoms with van der Waals surface area (Å²) < 4.78 is 37.1. The van der Waals surface area contributed by atoms with Crippen molar-refractivity contribution in [3.8, 4) is 23.0 Å². The molecule has 12 nitrogen and oxygen atoms in total. The normalized spacial score (nSPS) is 12.1. The van der Waals surface area contributed by atoms with Crippen molar-refractivity contribution in [2.75, 3.05) is 5.32 Å². The first kappa shape index (κ1) is 34.1. The molecule has 0 atom stereocenters. The molecular weight excluding hydrogens is 641 g/mol. The second kappa shape index (κ2) is 14.1. The number of ketones is 1. The number of fused-ring (bicyclic) bond motifs is 1. The molecule has 1 amide bonds. The van der Waals surface area contributed by atoms with Crippen LogP contribution >= 0.6 is 0 Å². The summed E-state index contributed by atoms with van der Waals surface area (Å²) in [5.74, 6) is -6.50. The number of halogens is 3. The molecule has 1 aliphatic rings. The Labute approximate surface area is 267 Å². The van der Waals surface area contributed by atoms with E-state index in [4.69, 9.17) is 14.6 Å². The van der Waals surface area contributed by atoms with Crippen LogP contribution in [0.3, 0.4) is 0 Å². The van der Waals surface area contributed by atoms with E-state index in [0.717, 1.165) is 6.07 Å². The molecule has 1 aliphatic heterocycles. The van der Waals surface area contributed by atoms with Gasteiger partial charge in [0.05, 0.1) is 16.8 Å². The number of hydrogen-bond donors (Lipinski definition) is 7. The molecule has 48 heavy (non-hydrogen) atoms. The quantitative estimate of drug-likeness (QED) is 0.0785. The number of aromatic hydroxyl groups is 4. The Morgan fingerprint density at radius 3 is 2.10 bits per heavy atom. The summed E-state index contributed by atoms with van der Waals surface area (Å²) in [4.78, 5) is 48.8. The maximum atomic E-state index is 13.9. The molecule has 0 fully saturated rings. The van der Waals surface area contributed by atoms with Gasteiger partial charge in [0.25, 0.3) is 5.91 Å². The third-order valence-electron chi connectivity index (χ3n) is 6.45. The fourth-order valence-corrected chi connectivity index (χ4v) is 4.19. The monoisotopic (exact) mass is 664 g/mol. The number of nitrogens with one attached hydrogen (secondary N) is 2. The molecule has 4 aromatic rings. The molecule has 0 radical (unpaired) electrons. The first-order chi connectivity index (χ1) is 22.7. The van der Waals surface area contributed by atoms with E-state index in [2.05, 4.69) is 10.6 Å². The molecule has 0 aromatic heterocycles. The molecule has 4 aromatic carbocycles. The first-order valence-corrected chi connectivity index (χ1v) is 13.5. The van der Waals surface area contributed by atoms with Gasteiger partial charge < -0.3 is 40.9 Å². The van der Waals surface area contributed by atoms with Crippen molar-refractivity contribution < 1.29 is 62.6 Å². The van der Waals surface area contributed by atoms with E-state index < -0.39 is 41.3 Å². The van der Waals surface area contributed by atoms with E-state index in [9.17, 15) is 48.0 Å². The van der Waals surface area contributed by atoms with E-state index in [-0.39, 0.29) is 56.1 Å². The van der Waals surface area contributed by atoms with Crippen LogP contribution in [0.1, 0.15) is 36.6 Å². The lowest BCUT2D eigenvalue weighted by atomic mass is 9.93. The van der Waals surface area contributed by atoms with Gasteiger partial charge in [-0.2, -0.15) is 13.2 Å². The number of aliphatic carboxylic acids is 1. The number of phenolic OH excluding ortho intramolecular Hbond substituents is 4. The SMILES string of the molecule is O=C(Nc1cc(C(=O)OC2=CC=CC=CN2)ccc1C(=O)c1c(O)c(O)cc2c(O)cccc12)c1ccc(O)cc1.O=C(O)C(F)(F)F. The van der Waals surface area contributed by atoms with Crippen LogP contribution in [-0.4, -0.2) is 55.3 Å². The Balaban J connectivity index is 0.000000671. The van der Waals surface area contributed by atoms with Crippen LogP contribution < -0.4 is 10.6 Å². The van der Waals surface area contributed by atoms with Gasteiger partial charge >= 0.3 is 18.1 Å². The summed E-state index contributed by atoms with van der Waals surface area (Å²) in [7, 11) is 0. The average Bonchev–Trinajstić information content (AvgIpc) is 3.30. The number of benzene rings is 4. The lowest BCUT2D eigenvalue weighted by Gasteiger charge is -2.15. The number of carbonyl (C=O) groups excluding carboxylic acids is 3. The van der Waals surface area contributed by atoms with Crippen LogP contribution in [0.4, 0.5) is 18.9 Å². The van der Waals surface area contributed by atoms with E-state index in [0.29, 0.717) is 0 Å². The van der Waals surface area contributed by atoms with Gasteiger partial charge in [-0.05, 0) is 66.7 Å². The second-order valence-electron chi connectivity index (χ2n) is 9.69. The summed E-state index contributed by atoms with van der Waals surface area (Å²) in [6.07, 6.45) is 3.11. The highest BCUT2D eigenvalue weighted by molar-refractivity contribution is 6.23. The van der Waals surface area contributed by atoms with E-state index in [1.807, 2.05) is 0 Å². The van der Waals surface area contributed by atoms with Gasteiger partial charge in [-0.3, -0.25) is 9.59 Å². The smallest absolute Gasteiger partial charge is 0.490 e. The zero-order valence-electron chi connectivity index (χ0n) is 24.1. The minimum Gasteiger partial charge on any atom is -0.508 e. The van der Waals surface area contributed by atoms with Crippen LogP contribution in [0, 0.1) is 0 Å². The summed E-state index contributed by atoms with van der Waals surface area (Å²) >= 11 is 0. The predicted octanol–water partition coefficient (Wildman–Crippen LogP) is 5.45. The topological polar surface area (TPSA) is 203 Å². The van der Waals surface area contributed by atoms with Crippen molar-refractivity contribution in [3.05, 3.63) is 125 Å². The van der Waals surface area contributed by atoms with Crippen LogP contribution in [0.2, 0.25) is 0 Å². The number of carbonyl (C=O) groups is 4. The Morgan fingerprint density at radius 1 is 0.771 bits per heavy atom. The van der Waals surface area contributed by atoms with Crippen molar-refractivity contribution >= 4 is 40.1 Å². The molecule has 0 saturated heterocycles. The molecular formula is C33H23F3N2O10. The van der Waals surface area contributed by atoms with Crippen LogP contribution in [-0.2, 0) is 9.53 Å². The third-order valence-corrected chi connectivity index (χ3v) is 6.45. The first-order valence-electron chi connectivity index (χ1n) is 13.5. The summed E-state index contributed by atoms with van der Waals surface area (Å²) in [5, 5.41) is 53.6. The molecule has 1 heterocycles. The molecule has 0 unspecified atom stereocenters. The number of carboxylic acid groups (broad SMARTS) is 1. The minimum absolute atomic E-state index is 0.00917. The molecule has 0 aliphatic carbocycles. The highest BCUT2D eigenvalue weighted by Gasteiger charge is 2.38. The van der Waals surface area contributed by atoms with Gasteiger partial charge in [0.15, 0.2) is 17.3 Å². The predicted molar refractivity (Wildman–Crippen MR) is 163 cm³/mol. The lowest BCUT2D eigenvalue weighted by Crippen LogP contribution is -2.21. The Morgan fingerprint density at radius 2 is 1.44 bits per heavy atom. The van der Waals surface area contributed by atoms with Crippen molar-refractivity contribution in [2.24, 2.45) is 0 Å². The van der Waals surface area contributed by atoms with Gasteiger partial charge in [0, 0.05) is 28.1 Å². The number of hydrogen-bond acceptors (Lipinski definition) is 10. The second-order valence-corrected chi connectivity index (χ2v) is 9.69. The molecule has 0 spiro atoms. The average molecular weight is 665 g/mol. The minimum atomic E-state index is -5.08. The summed E-state index contributed by atoms with van der Waals surface area (Å²) in [6, 6.07) is 14.6. The molecule has 0 saturated carbocycles. The van der Waals surface area contributed by atoms with Gasteiger partial charge in [-0.15, -0.1) is 0 Å². The maximum absolute atomic E-state index is 13.9. The summed E-state index contributed by atoms with van der Waals surface area (Å²) in [6.45, 7) is 0. The maximum Gasteiger partial charge on any atom is 0.490 e. The Hall–Kier alpha value is -6.77. The molecule has 246 valence electrons. The van der Waals surface area contributed by atoms with Crippen LogP contribution in [0.25, 0.3) is 10.8 Å². The largest absolute Gasteiger partial charge is 0.508 e. The molecule has 5 rings (SSSR count). The summed E-state index contributed by atoms with van der Waals surface area (Å²) in [5.41, 5.74) is -0.406. The van der Waals surface area contributed by atoms with Crippen molar-refractivity contribution in [1.82, 2.24) is 5.32 Å². The Bertz CT molecular complexity index is 2020. The Kier molecular flexibility index (Phi) is 10.0. The highest BCUT2D eigenvalue weighted by atomic mass is 19.4. The van der Waals surface area contributed by atoms with Crippen LogP contribution in [0.15, 0.2) is 103 Å². The van der Waals surface area contributed by atoms with E-state index in [1.165, 1.54) is 66.7 Å². The number of carboxylic acids is 1. The number of alkyl halides is 3. The number of esters is 1. The zero-order valence-corrected chi connectivity index (χ0v) is 24.1. The molecule has 7 N–H and O–H groups in total. The number of phenols is 4. The van der Waals surface area contributed by atoms with Crippen molar-refractivity contribution in [2.45, 2.75) is 6.18 Å². The number of ether oxygens (including phenoxy) is 1. The van der Waals surface area contributed by atoms with Crippen LogP contribution in [0.5, 0.6) is 23.0 Å². The fraction of sp³-hybridized carbons (Fsp3) is 0.0303. The van der Waals surface area contributed by atoms with Gasteiger partial charge in [0.2, 0.25) is 5.88 Å². The van der Waals surface area contributed by atoms with Crippen molar-refractivity contribution in [1.29, 1.82) is 0 Å². The number of anilines is 1. The van der Waals surface area contributed by atoms with E-state index >= 15 is 0 Å². The number of rotatable bonds is 6. The lowest BCUT2D eigenvalue weighted by molar-refractivity contribution is -0.192. The standard InChI is InChI=1S/C31H22N2O8.C2HF3O2/c34-19-11-8-17(9-12-19)30(39)33-23-15-18(31(40)41-26-7-2-1-3-14-32-26)10-13-21(23)28(37)27-20-5-4-6-24(35)22(20)16-25(36)29(27)38;3-2(4,5)1(6)7/h1-16,32,34-36,38H,(H,33,39);(H,6,7). The van der Waals surface area contributed by atoms with Crippen molar-refractivity contribution in [3.63, 3.8) is 0 Å².